The highest BCUT2D eigenvalue weighted by Gasteiger charge is 2.12. The monoisotopic (exact) mass is 180 g/mol. The van der Waals surface area contributed by atoms with Crippen molar-refractivity contribution < 1.29 is 4.84 Å². The molecule has 0 radical (unpaired) electrons. The molecule has 1 aliphatic heterocycles. The van der Waals surface area contributed by atoms with Crippen molar-refractivity contribution in [2.45, 2.75) is 32.4 Å². The van der Waals surface area contributed by atoms with Crippen molar-refractivity contribution in [1.29, 1.82) is 0 Å². The molecule has 0 saturated carbocycles. The van der Waals surface area contributed by atoms with Gasteiger partial charge in [-0.05, 0) is 30.9 Å². The Morgan fingerprint density at radius 2 is 2.46 bits per heavy atom. The quantitative estimate of drug-likeness (QED) is 0.713. The molecule has 0 saturated heterocycles. The largest absolute Gasteiger partial charge is 0.351 e. The van der Waals surface area contributed by atoms with Crippen LogP contribution < -0.4 is 5.48 Å². The van der Waals surface area contributed by atoms with E-state index < -0.39 is 0 Å². The second kappa shape index (κ2) is 3.94. The van der Waals surface area contributed by atoms with Crippen LogP contribution in [0.1, 0.15) is 24.1 Å². The van der Waals surface area contributed by atoms with E-state index in [0.29, 0.717) is 0 Å². The third kappa shape index (κ3) is 1.76. The number of hydrogen-bond donors (Lipinski definition) is 1. The summed E-state index contributed by atoms with van der Waals surface area (Å²) in [7, 11) is 1.66. The molecule has 0 unspecified atom stereocenters. The molecular weight excluding hydrogens is 164 g/mol. The molecule has 1 N–H and O–H groups in total. The van der Waals surface area contributed by atoms with Gasteiger partial charge in [0.25, 0.3) is 0 Å². The Balaban J connectivity index is 2.12. The molecule has 1 aromatic heterocycles. The number of fused-ring (bicyclic) bond motifs is 1. The maximum atomic E-state index is 4.85. The van der Waals surface area contributed by atoms with Gasteiger partial charge >= 0.3 is 0 Å². The summed E-state index contributed by atoms with van der Waals surface area (Å²) >= 11 is 0. The number of rotatable bonds is 3. The zero-order chi connectivity index (χ0) is 9.10. The molecular formula is C10H16N2O. The molecule has 3 heteroatoms. The number of nitrogens with zero attached hydrogens (tertiary/aromatic N) is 1. The fraction of sp³-hybridized carbons (Fsp3) is 0.600. The van der Waals surface area contributed by atoms with Crippen LogP contribution >= 0.6 is 0 Å². The van der Waals surface area contributed by atoms with Crippen molar-refractivity contribution in [2.24, 2.45) is 0 Å². The average Bonchev–Trinajstić information content (AvgIpc) is 2.58. The van der Waals surface area contributed by atoms with Gasteiger partial charge in [0.2, 0.25) is 0 Å². The van der Waals surface area contributed by atoms with Crippen LogP contribution in [0.25, 0.3) is 0 Å². The third-order valence-electron chi connectivity index (χ3n) is 2.64. The van der Waals surface area contributed by atoms with E-state index in [-0.39, 0.29) is 0 Å². The van der Waals surface area contributed by atoms with Gasteiger partial charge in [0, 0.05) is 25.0 Å². The van der Waals surface area contributed by atoms with Gasteiger partial charge in [-0.15, -0.1) is 0 Å². The highest BCUT2D eigenvalue weighted by molar-refractivity contribution is 5.23. The summed E-state index contributed by atoms with van der Waals surface area (Å²) in [6, 6.07) is 2.19. The Bertz CT molecular complexity index is 280. The zero-order valence-electron chi connectivity index (χ0n) is 8.05. The maximum absolute atomic E-state index is 4.85. The number of aryl methyl sites for hydroxylation is 1. The van der Waals surface area contributed by atoms with Crippen LogP contribution in [-0.2, 0) is 24.3 Å². The minimum atomic E-state index is 0.818. The topological polar surface area (TPSA) is 26.2 Å². The van der Waals surface area contributed by atoms with Gasteiger partial charge in [0.1, 0.15) is 0 Å². The van der Waals surface area contributed by atoms with Crippen molar-refractivity contribution in [3.8, 4) is 0 Å². The first-order valence-electron chi connectivity index (χ1n) is 4.84. The molecule has 2 heterocycles. The van der Waals surface area contributed by atoms with Gasteiger partial charge in [-0.1, -0.05) is 0 Å². The van der Waals surface area contributed by atoms with Gasteiger partial charge in [-0.3, -0.25) is 0 Å². The zero-order valence-corrected chi connectivity index (χ0v) is 8.05. The molecule has 2 rings (SSSR count). The summed E-state index contributed by atoms with van der Waals surface area (Å²) in [6.45, 7) is 2.00. The van der Waals surface area contributed by atoms with E-state index in [1.54, 1.807) is 7.11 Å². The van der Waals surface area contributed by atoms with Gasteiger partial charge in [0.15, 0.2) is 0 Å². The van der Waals surface area contributed by atoms with E-state index in [0.717, 1.165) is 6.54 Å². The van der Waals surface area contributed by atoms with E-state index in [9.17, 15) is 0 Å². The summed E-state index contributed by atoms with van der Waals surface area (Å²) in [5, 5.41) is 0. The Kier molecular flexibility index (Phi) is 2.66. The summed E-state index contributed by atoms with van der Waals surface area (Å²) in [4.78, 5) is 4.85. The SMILES string of the molecule is CONCc1ccn2c1CCCC2. The van der Waals surface area contributed by atoms with Crippen molar-refractivity contribution in [2.75, 3.05) is 7.11 Å². The second-order valence-electron chi connectivity index (χ2n) is 3.46. The van der Waals surface area contributed by atoms with Crippen molar-refractivity contribution >= 4 is 0 Å². The minimum Gasteiger partial charge on any atom is -0.351 e. The molecule has 0 atom stereocenters. The van der Waals surface area contributed by atoms with Crippen LogP contribution in [-0.4, -0.2) is 11.7 Å². The van der Waals surface area contributed by atoms with Crippen molar-refractivity contribution in [3.05, 3.63) is 23.5 Å². The summed E-state index contributed by atoms with van der Waals surface area (Å²) in [5.74, 6) is 0. The minimum absolute atomic E-state index is 0.818. The normalized spacial score (nSPS) is 15.8. The lowest BCUT2D eigenvalue weighted by molar-refractivity contribution is 0.0864. The molecule has 0 fully saturated rings. The van der Waals surface area contributed by atoms with Gasteiger partial charge < -0.3 is 9.40 Å². The second-order valence-corrected chi connectivity index (χ2v) is 3.46. The van der Waals surface area contributed by atoms with E-state index in [4.69, 9.17) is 4.84 Å². The van der Waals surface area contributed by atoms with Crippen LogP contribution in [0.15, 0.2) is 12.3 Å². The maximum Gasteiger partial charge on any atom is 0.0572 e. The van der Waals surface area contributed by atoms with E-state index in [1.807, 2.05) is 0 Å². The Labute approximate surface area is 78.7 Å². The molecule has 3 nitrogen and oxygen atoms in total. The van der Waals surface area contributed by atoms with Crippen molar-refractivity contribution in [1.82, 2.24) is 10.0 Å². The summed E-state index contributed by atoms with van der Waals surface area (Å²) < 4.78 is 2.36. The van der Waals surface area contributed by atoms with Crippen LogP contribution in [0.5, 0.6) is 0 Å². The smallest absolute Gasteiger partial charge is 0.0572 e. The fourth-order valence-electron chi connectivity index (χ4n) is 1.95. The number of aromatic nitrogens is 1. The third-order valence-corrected chi connectivity index (χ3v) is 2.64. The van der Waals surface area contributed by atoms with Gasteiger partial charge in [-0.25, -0.2) is 0 Å². The highest BCUT2D eigenvalue weighted by atomic mass is 16.6. The number of hydrogen-bond acceptors (Lipinski definition) is 2. The lowest BCUT2D eigenvalue weighted by atomic mass is 10.1. The first-order chi connectivity index (χ1) is 6.42. The van der Waals surface area contributed by atoms with E-state index in [1.165, 1.54) is 37.1 Å². The Morgan fingerprint density at radius 3 is 3.31 bits per heavy atom. The average molecular weight is 180 g/mol. The van der Waals surface area contributed by atoms with Crippen LogP contribution in [0.2, 0.25) is 0 Å². The van der Waals surface area contributed by atoms with Crippen molar-refractivity contribution in [3.63, 3.8) is 0 Å². The number of nitrogens with one attached hydrogen (secondary N) is 1. The molecule has 0 spiro atoms. The molecule has 1 aliphatic rings. The fourth-order valence-corrected chi connectivity index (χ4v) is 1.95. The summed E-state index contributed by atoms with van der Waals surface area (Å²) in [5.41, 5.74) is 5.75. The molecule has 1 aromatic rings. The predicted molar refractivity (Wildman–Crippen MR) is 51.2 cm³/mol. The predicted octanol–water partition coefficient (Wildman–Crippen LogP) is 1.48. The van der Waals surface area contributed by atoms with Crippen LogP contribution in [0.3, 0.4) is 0 Å². The molecule has 13 heavy (non-hydrogen) atoms. The van der Waals surface area contributed by atoms with Crippen LogP contribution in [0.4, 0.5) is 0 Å². The lowest BCUT2D eigenvalue weighted by Crippen LogP contribution is -2.15. The summed E-state index contributed by atoms with van der Waals surface area (Å²) in [6.07, 6.45) is 6.04. The Hall–Kier alpha value is -0.800. The first kappa shape index (κ1) is 8.78. The Morgan fingerprint density at radius 1 is 1.54 bits per heavy atom. The highest BCUT2D eigenvalue weighted by Crippen LogP contribution is 2.19. The van der Waals surface area contributed by atoms with E-state index in [2.05, 4.69) is 22.3 Å². The first-order valence-corrected chi connectivity index (χ1v) is 4.84. The molecule has 0 bridgehead atoms. The standard InChI is InChI=1S/C10H16N2O/c1-13-11-8-9-5-7-12-6-3-2-4-10(9)12/h5,7,11H,2-4,6,8H2,1H3. The molecule has 0 aromatic carbocycles. The van der Waals surface area contributed by atoms with Gasteiger partial charge in [0.05, 0.1) is 7.11 Å². The molecule has 72 valence electrons. The molecule has 0 amide bonds. The number of hydroxylamine groups is 1. The lowest BCUT2D eigenvalue weighted by Gasteiger charge is -2.16. The van der Waals surface area contributed by atoms with Gasteiger partial charge in [-0.2, -0.15) is 5.48 Å². The van der Waals surface area contributed by atoms with E-state index >= 15 is 0 Å². The molecule has 0 aliphatic carbocycles. The van der Waals surface area contributed by atoms with Crippen LogP contribution in [0, 0.1) is 0 Å².